The van der Waals surface area contributed by atoms with Crippen molar-refractivity contribution in [3.05, 3.63) is 36.1 Å². The number of nitrogens with one attached hydrogen (secondary N) is 1. The van der Waals surface area contributed by atoms with Crippen LogP contribution in [0.5, 0.6) is 0 Å². The Kier molecular flexibility index (Phi) is 3.11. The second-order valence-electron chi connectivity index (χ2n) is 5.21. The molecular formula is C14H17NO3S. The predicted molar refractivity (Wildman–Crippen MR) is 74.8 cm³/mol. The molecule has 3 rings (SSSR count). The topological polar surface area (TPSA) is 59.3 Å². The summed E-state index contributed by atoms with van der Waals surface area (Å²) in [4.78, 5) is 0. The van der Waals surface area contributed by atoms with Gasteiger partial charge in [-0.05, 0) is 25.5 Å². The lowest BCUT2D eigenvalue weighted by Gasteiger charge is -2.16. The maximum atomic E-state index is 11.9. The molecule has 0 spiro atoms. The number of hydrogen-bond acceptors (Lipinski definition) is 4. The third-order valence-electron chi connectivity index (χ3n) is 3.56. The Balaban J connectivity index is 1.99. The molecule has 2 atom stereocenters. The van der Waals surface area contributed by atoms with E-state index in [4.69, 9.17) is 4.42 Å². The molecule has 1 saturated heterocycles. The van der Waals surface area contributed by atoms with Crippen molar-refractivity contribution in [3.63, 3.8) is 0 Å². The van der Waals surface area contributed by atoms with E-state index in [1.54, 1.807) is 0 Å². The lowest BCUT2D eigenvalue weighted by atomic mass is 10.2. The molecule has 0 bridgehead atoms. The van der Waals surface area contributed by atoms with Gasteiger partial charge in [-0.15, -0.1) is 0 Å². The molecule has 0 saturated carbocycles. The van der Waals surface area contributed by atoms with Crippen LogP contribution in [0.25, 0.3) is 11.0 Å². The molecule has 2 heterocycles. The first kappa shape index (κ1) is 12.7. The Hall–Kier alpha value is -1.33. The van der Waals surface area contributed by atoms with Crippen LogP contribution in [-0.2, 0) is 9.84 Å². The summed E-state index contributed by atoms with van der Waals surface area (Å²) in [5, 5.41) is 4.35. The third-order valence-corrected chi connectivity index (χ3v) is 5.26. The monoisotopic (exact) mass is 279 g/mol. The Morgan fingerprint density at radius 2 is 2.11 bits per heavy atom. The van der Waals surface area contributed by atoms with Crippen LogP contribution < -0.4 is 5.32 Å². The summed E-state index contributed by atoms with van der Waals surface area (Å²) in [6.07, 6.45) is 0.652. The number of para-hydroxylation sites is 1. The van der Waals surface area contributed by atoms with E-state index >= 15 is 0 Å². The molecule has 102 valence electrons. The lowest BCUT2D eigenvalue weighted by Crippen LogP contribution is -2.30. The molecule has 5 heteroatoms. The molecule has 2 unspecified atom stereocenters. The van der Waals surface area contributed by atoms with Gasteiger partial charge in [0, 0.05) is 11.4 Å². The van der Waals surface area contributed by atoms with E-state index in [2.05, 4.69) is 5.32 Å². The van der Waals surface area contributed by atoms with Crippen LogP contribution in [0.2, 0.25) is 0 Å². The summed E-state index contributed by atoms with van der Waals surface area (Å²) < 4.78 is 29.6. The quantitative estimate of drug-likeness (QED) is 0.870. The number of furan rings is 1. The van der Waals surface area contributed by atoms with E-state index in [1.165, 1.54) is 0 Å². The summed E-state index contributed by atoms with van der Waals surface area (Å²) in [5.74, 6) is 1.06. The van der Waals surface area contributed by atoms with Gasteiger partial charge in [0.1, 0.15) is 11.3 Å². The van der Waals surface area contributed by atoms with Crippen LogP contribution >= 0.6 is 0 Å². The molecule has 0 radical (unpaired) electrons. The highest BCUT2D eigenvalue weighted by Crippen LogP contribution is 2.27. The van der Waals surface area contributed by atoms with Crippen molar-refractivity contribution < 1.29 is 12.8 Å². The molecule has 1 fully saturated rings. The minimum absolute atomic E-state index is 0.108. The smallest absolute Gasteiger partial charge is 0.152 e. The van der Waals surface area contributed by atoms with Gasteiger partial charge >= 0.3 is 0 Å². The minimum atomic E-state index is -3.01. The van der Waals surface area contributed by atoms with Gasteiger partial charge in [0.25, 0.3) is 0 Å². The normalized spacial score (nSPS) is 27.2. The maximum Gasteiger partial charge on any atom is 0.152 e. The first-order valence-corrected chi connectivity index (χ1v) is 8.30. The van der Waals surface area contributed by atoms with E-state index in [0.717, 1.165) is 11.0 Å². The van der Waals surface area contributed by atoms with Crippen molar-refractivity contribution in [2.24, 2.45) is 0 Å². The van der Waals surface area contributed by atoms with Crippen LogP contribution in [0, 0.1) is 0 Å². The summed E-state index contributed by atoms with van der Waals surface area (Å²) in [7, 11) is -3.01. The second-order valence-corrected chi connectivity index (χ2v) is 7.44. The molecule has 0 amide bonds. The molecule has 19 heavy (non-hydrogen) atoms. The number of fused-ring (bicyclic) bond motifs is 1. The van der Waals surface area contributed by atoms with E-state index < -0.39 is 9.84 Å². The zero-order valence-corrected chi connectivity index (χ0v) is 11.6. The highest BCUT2D eigenvalue weighted by atomic mass is 32.2. The van der Waals surface area contributed by atoms with E-state index in [9.17, 15) is 8.42 Å². The molecule has 1 aromatic carbocycles. The highest BCUT2D eigenvalue weighted by Gasteiger charge is 2.28. The Morgan fingerprint density at radius 1 is 1.32 bits per heavy atom. The Labute approximate surface area is 112 Å². The van der Waals surface area contributed by atoms with Crippen molar-refractivity contribution in [2.75, 3.05) is 11.5 Å². The van der Waals surface area contributed by atoms with Crippen molar-refractivity contribution in [1.82, 2.24) is 5.32 Å². The first-order valence-electron chi connectivity index (χ1n) is 6.48. The van der Waals surface area contributed by atoms with E-state index in [1.807, 2.05) is 37.3 Å². The number of benzene rings is 1. The number of hydrogen-bond donors (Lipinski definition) is 1. The van der Waals surface area contributed by atoms with Gasteiger partial charge in [-0.25, -0.2) is 8.42 Å². The Morgan fingerprint density at radius 3 is 2.89 bits per heavy atom. The maximum absolute atomic E-state index is 11.9. The molecule has 1 aromatic heterocycles. The zero-order chi connectivity index (χ0) is 13.5. The first-order chi connectivity index (χ1) is 9.03. The van der Waals surface area contributed by atoms with Gasteiger partial charge in [0.15, 0.2) is 9.84 Å². The highest BCUT2D eigenvalue weighted by molar-refractivity contribution is 7.91. The van der Waals surface area contributed by atoms with Crippen LogP contribution in [-0.4, -0.2) is 26.0 Å². The fraction of sp³-hybridized carbons (Fsp3) is 0.429. The van der Waals surface area contributed by atoms with Crippen molar-refractivity contribution in [1.29, 1.82) is 0 Å². The van der Waals surface area contributed by atoms with E-state index in [-0.39, 0.29) is 23.6 Å². The fourth-order valence-corrected chi connectivity index (χ4v) is 4.15. The Bertz CT molecular complexity index is 657. The number of rotatable bonds is 1. The summed E-state index contributed by atoms with van der Waals surface area (Å²) >= 11 is 0. The van der Waals surface area contributed by atoms with Crippen LogP contribution in [0.15, 0.2) is 34.7 Å². The van der Waals surface area contributed by atoms with Gasteiger partial charge in [-0.3, -0.25) is 0 Å². The van der Waals surface area contributed by atoms with Gasteiger partial charge in [0.05, 0.1) is 17.5 Å². The van der Waals surface area contributed by atoms with Gasteiger partial charge in [-0.1, -0.05) is 18.2 Å². The van der Waals surface area contributed by atoms with Crippen molar-refractivity contribution in [2.45, 2.75) is 25.4 Å². The molecule has 4 nitrogen and oxygen atoms in total. The van der Waals surface area contributed by atoms with E-state index in [0.29, 0.717) is 12.2 Å². The molecular weight excluding hydrogens is 262 g/mol. The lowest BCUT2D eigenvalue weighted by molar-refractivity contribution is 0.416. The molecule has 1 aliphatic rings. The standard InChI is InChI=1S/C14H17NO3S/c1-10-6-7-19(16,17)9-12(15-10)14-8-11-4-2-3-5-13(11)18-14/h2-5,8,10,12,15H,6-7,9H2,1H3. The third kappa shape index (κ3) is 2.67. The van der Waals surface area contributed by atoms with Crippen LogP contribution in [0.1, 0.15) is 25.1 Å². The molecule has 1 aliphatic heterocycles. The average Bonchev–Trinajstić information content (AvgIpc) is 2.73. The van der Waals surface area contributed by atoms with Gasteiger partial charge in [0.2, 0.25) is 0 Å². The fourth-order valence-electron chi connectivity index (χ4n) is 2.51. The molecule has 0 aliphatic carbocycles. The predicted octanol–water partition coefficient (Wildman–Crippen LogP) is 2.27. The molecule has 2 aromatic rings. The number of sulfone groups is 1. The van der Waals surface area contributed by atoms with Crippen molar-refractivity contribution in [3.8, 4) is 0 Å². The molecule has 1 N–H and O–H groups in total. The van der Waals surface area contributed by atoms with Crippen molar-refractivity contribution >= 4 is 20.8 Å². The zero-order valence-electron chi connectivity index (χ0n) is 10.8. The average molecular weight is 279 g/mol. The van der Waals surface area contributed by atoms with Gasteiger partial charge < -0.3 is 9.73 Å². The SMILES string of the molecule is CC1CCS(=O)(=O)CC(c2cc3ccccc3o2)N1. The summed E-state index contributed by atoms with van der Waals surface area (Å²) in [6, 6.07) is 9.58. The van der Waals surface area contributed by atoms with Crippen LogP contribution in [0.4, 0.5) is 0 Å². The second kappa shape index (κ2) is 4.65. The largest absolute Gasteiger partial charge is 0.459 e. The van der Waals surface area contributed by atoms with Crippen LogP contribution in [0.3, 0.4) is 0 Å². The summed E-state index contributed by atoms with van der Waals surface area (Å²) in [6.45, 7) is 2.01. The minimum Gasteiger partial charge on any atom is -0.459 e. The summed E-state index contributed by atoms with van der Waals surface area (Å²) in [5.41, 5.74) is 0.800. The van der Waals surface area contributed by atoms with Gasteiger partial charge in [-0.2, -0.15) is 0 Å².